The van der Waals surface area contributed by atoms with E-state index in [2.05, 4.69) is 0 Å². The van der Waals surface area contributed by atoms with Crippen molar-refractivity contribution in [1.82, 2.24) is 4.31 Å². The monoisotopic (exact) mass is 183 g/mol. The quantitative estimate of drug-likeness (QED) is 0.568. The molecule has 0 unspecified atom stereocenters. The smallest absolute Gasteiger partial charge is 0.195 e. The SMILES string of the molecule is C[C@H]1CCCN1S(=O)(=O)Cl. The van der Waals surface area contributed by atoms with Crippen LogP contribution < -0.4 is 0 Å². The Balaban J connectivity index is 2.74. The Kier molecular flexibility index (Phi) is 2.22. The van der Waals surface area contributed by atoms with Crippen LogP contribution in [0, 0.1) is 0 Å². The molecule has 0 aromatic rings. The van der Waals surface area contributed by atoms with Gasteiger partial charge < -0.3 is 0 Å². The minimum Gasteiger partial charge on any atom is -0.195 e. The first-order valence-electron chi connectivity index (χ1n) is 3.23. The maximum atomic E-state index is 10.7. The predicted molar refractivity (Wildman–Crippen MR) is 40.2 cm³/mol. The van der Waals surface area contributed by atoms with Gasteiger partial charge in [-0.05, 0) is 19.8 Å². The third-order valence-electron chi connectivity index (χ3n) is 1.77. The van der Waals surface area contributed by atoms with Crippen molar-refractivity contribution < 1.29 is 8.42 Å². The second-order valence-corrected chi connectivity index (χ2v) is 5.01. The molecule has 5 heteroatoms. The number of halogens is 1. The Labute approximate surface area is 65.5 Å². The molecule has 0 bridgehead atoms. The summed E-state index contributed by atoms with van der Waals surface area (Å²) in [6.45, 7) is 2.44. The zero-order chi connectivity index (χ0) is 7.78. The van der Waals surface area contributed by atoms with Gasteiger partial charge in [0.1, 0.15) is 0 Å². The number of nitrogens with zero attached hydrogens (tertiary/aromatic N) is 1. The Hall–Kier alpha value is 0.200. The standard InChI is InChI=1S/C5H10ClNO2S/c1-5-3-2-4-7(5)10(6,8)9/h5H,2-4H2,1H3/t5-/m0/s1. The highest BCUT2D eigenvalue weighted by atomic mass is 35.7. The first kappa shape index (κ1) is 8.30. The van der Waals surface area contributed by atoms with Gasteiger partial charge in [-0.3, -0.25) is 0 Å². The van der Waals surface area contributed by atoms with Crippen LogP contribution in [0.15, 0.2) is 0 Å². The average Bonchev–Trinajstić information content (AvgIpc) is 2.11. The van der Waals surface area contributed by atoms with Gasteiger partial charge in [0.25, 0.3) is 9.24 Å². The van der Waals surface area contributed by atoms with Crippen molar-refractivity contribution >= 4 is 19.9 Å². The molecule has 3 nitrogen and oxygen atoms in total. The first-order valence-corrected chi connectivity index (χ1v) is 5.50. The van der Waals surface area contributed by atoms with Gasteiger partial charge in [0.2, 0.25) is 0 Å². The summed E-state index contributed by atoms with van der Waals surface area (Å²) in [7, 11) is 1.69. The van der Waals surface area contributed by atoms with Gasteiger partial charge in [0.05, 0.1) is 0 Å². The molecule has 0 spiro atoms. The van der Waals surface area contributed by atoms with Crippen LogP contribution >= 0.6 is 10.7 Å². The van der Waals surface area contributed by atoms with E-state index < -0.39 is 9.24 Å². The molecule has 0 N–H and O–H groups in total. The fourth-order valence-corrected chi connectivity index (χ4v) is 2.73. The van der Waals surface area contributed by atoms with E-state index in [1.165, 1.54) is 4.31 Å². The van der Waals surface area contributed by atoms with Gasteiger partial charge in [-0.15, -0.1) is 0 Å². The average molecular weight is 184 g/mol. The molecular weight excluding hydrogens is 174 g/mol. The fourth-order valence-electron chi connectivity index (χ4n) is 1.23. The largest absolute Gasteiger partial charge is 0.300 e. The highest BCUT2D eigenvalue weighted by Crippen LogP contribution is 2.21. The predicted octanol–water partition coefficient (Wildman–Crippen LogP) is 0.954. The van der Waals surface area contributed by atoms with E-state index >= 15 is 0 Å². The van der Waals surface area contributed by atoms with Crippen molar-refractivity contribution in [3.63, 3.8) is 0 Å². The summed E-state index contributed by atoms with van der Waals surface area (Å²) >= 11 is 0. The van der Waals surface area contributed by atoms with Gasteiger partial charge in [-0.25, -0.2) is 0 Å². The Morgan fingerprint density at radius 2 is 2.20 bits per heavy atom. The zero-order valence-corrected chi connectivity index (χ0v) is 7.32. The van der Waals surface area contributed by atoms with Crippen LogP contribution in [0.3, 0.4) is 0 Å². The maximum Gasteiger partial charge on any atom is 0.300 e. The summed E-state index contributed by atoms with van der Waals surface area (Å²) < 4.78 is 22.8. The van der Waals surface area contributed by atoms with Crippen molar-refractivity contribution in [2.24, 2.45) is 0 Å². The van der Waals surface area contributed by atoms with Gasteiger partial charge in [0.15, 0.2) is 0 Å². The number of hydrogen-bond acceptors (Lipinski definition) is 2. The third-order valence-corrected chi connectivity index (χ3v) is 3.41. The van der Waals surface area contributed by atoms with Crippen molar-refractivity contribution in [3.8, 4) is 0 Å². The molecule has 0 amide bonds. The summed E-state index contributed by atoms with van der Waals surface area (Å²) in [4.78, 5) is 0. The molecule has 0 aliphatic carbocycles. The van der Waals surface area contributed by atoms with Crippen LogP contribution in [0.25, 0.3) is 0 Å². The second-order valence-electron chi connectivity index (χ2n) is 2.54. The van der Waals surface area contributed by atoms with Crippen LogP contribution in [0.4, 0.5) is 0 Å². The molecule has 1 aliphatic heterocycles. The highest BCUT2D eigenvalue weighted by Gasteiger charge is 2.29. The van der Waals surface area contributed by atoms with E-state index in [0.29, 0.717) is 6.54 Å². The molecule has 1 aliphatic rings. The van der Waals surface area contributed by atoms with Crippen LogP contribution in [-0.2, 0) is 9.24 Å². The van der Waals surface area contributed by atoms with E-state index in [4.69, 9.17) is 10.7 Å². The molecule has 10 heavy (non-hydrogen) atoms. The summed E-state index contributed by atoms with van der Waals surface area (Å²) in [5, 5.41) is 0. The molecular formula is C5H10ClNO2S. The Bertz CT molecular complexity index is 214. The van der Waals surface area contributed by atoms with E-state index in [1.54, 1.807) is 0 Å². The molecule has 0 aromatic carbocycles. The summed E-state index contributed by atoms with van der Waals surface area (Å²) in [6, 6.07) is 0.0856. The molecule has 1 heterocycles. The van der Waals surface area contributed by atoms with Gasteiger partial charge in [-0.1, -0.05) is 0 Å². The minimum atomic E-state index is -3.45. The van der Waals surface area contributed by atoms with Crippen molar-refractivity contribution in [2.75, 3.05) is 6.54 Å². The van der Waals surface area contributed by atoms with Gasteiger partial charge in [0, 0.05) is 23.3 Å². The minimum absolute atomic E-state index is 0.0856. The summed E-state index contributed by atoms with van der Waals surface area (Å²) in [5.41, 5.74) is 0. The van der Waals surface area contributed by atoms with Gasteiger partial charge >= 0.3 is 0 Å². The molecule has 0 aromatic heterocycles. The van der Waals surface area contributed by atoms with Crippen LogP contribution in [0.1, 0.15) is 19.8 Å². The van der Waals surface area contributed by atoms with Gasteiger partial charge in [-0.2, -0.15) is 12.7 Å². The first-order chi connectivity index (χ1) is 4.52. The van der Waals surface area contributed by atoms with Crippen molar-refractivity contribution in [3.05, 3.63) is 0 Å². The second kappa shape index (κ2) is 2.68. The lowest BCUT2D eigenvalue weighted by Gasteiger charge is -2.15. The van der Waals surface area contributed by atoms with Crippen LogP contribution in [0.2, 0.25) is 0 Å². The molecule has 1 rings (SSSR count). The summed E-state index contributed by atoms with van der Waals surface area (Å²) in [5.74, 6) is 0. The van der Waals surface area contributed by atoms with Crippen LogP contribution in [-0.4, -0.2) is 25.3 Å². The Morgan fingerprint density at radius 3 is 2.40 bits per heavy atom. The van der Waals surface area contributed by atoms with E-state index in [9.17, 15) is 8.42 Å². The third kappa shape index (κ3) is 1.62. The zero-order valence-electron chi connectivity index (χ0n) is 5.75. The molecule has 0 saturated carbocycles. The van der Waals surface area contributed by atoms with E-state index in [-0.39, 0.29) is 6.04 Å². The maximum absolute atomic E-state index is 10.7. The van der Waals surface area contributed by atoms with Crippen molar-refractivity contribution in [2.45, 2.75) is 25.8 Å². The van der Waals surface area contributed by atoms with E-state index in [1.807, 2.05) is 6.92 Å². The lowest BCUT2D eigenvalue weighted by atomic mass is 10.3. The highest BCUT2D eigenvalue weighted by molar-refractivity contribution is 8.11. The molecule has 1 saturated heterocycles. The van der Waals surface area contributed by atoms with Crippen molar-refractivity contribution in [1.29, 1.82) is 0 Å². The summed E-state index contributed by atoms with van der Waals surface area (Å²) in [6.07, 6.45) is 1.85. The van der Waals surface area contributed by atoms with E-state index in [0.717, 1.165) is 12.8 Å². The number of rotatable bonds is 1. The topological polar surface area (TPSA) is 37.4 Å². The molecule has 60 valence electrons. The normalized spacial score (nSPS) is 29.2. The van der Waals surface area contributed by atoms with Crippen LogP contribution in [0.5, 0.6) is 0 Å². The number of hydrogen-bond donors (Lipinski definition) is 0. The fraction of sp³-hybridized carbons (Fsp3) is 1.00. The molecule has 1 atom stereocenters. The Morgan fingerprint density at radius 1 is 1.60 bits per heavy atom. The molecule has 0 radical (unpaired) electrons. The lowest BCUT2D eigenvalue weighted by molar-refractivity contribution is 0.418. The lowest BCUT2D eigenvalue weighted by Crippen LogP contribution is -2.29. The molecule has 1 fully saturated rings.